The highest BCUT2D eigenvalue weighted by Crippen LogP contribution is 2.23. The van der Waals surface area contributed by atoms with E-state index >= 15 is 0 Å². The zero-order valence-electron chi connectivity index (χ0n) is 14.1. The standard InChI is InChI=1S/C16H25N3O4/c1-16(2,3)22-15(20)19-9-11(10-19)7-14-17-13(18-23-14)8-12-5-4-6-21-12/h11-12H,4-10H2,1-3H3. The van der Waals surface area contributed by atoms with Crippen molar-refractivity contribution in [3.05, 3.63) is 11.7 Å². The van der Waals surface area contributed by atoms with Crippen LogP contribution in [0.25, 0.3) is 0 Å². The fraction of sp³-hybridized carbons (Fsp3) is 0.812. The average molecular weight is 323 g/mol. The summed E-state index contributed by atoms with van der Waals surface area (Å²) in [5.41, 5.74) is -0.453. The first-order valence-corrected chi connectivity index (χ1v) is 8.30. The van der Waals surface area contributed by atoms with Crippen molar-refractivity contribution in [3.63, 3.8) is 0 Å². The van der Waals surface area contributed by atoms with Gasteiger partial charge in [0.05, 0.1) is 6.10 Å². The van der Waals surface area contributed by atoms with E-state index < -0.39 is 5.60 Å². The Kier molecular flexibility index (Phi) is 4.57. The number of likely N-dealkylation sites (tertiary alicyclic amines) is 1. The molecule has 0 radical (unpaired) electrons. The molecule has 23 heavy (non-hydrogen) atoms. The molecular weight excluding hydrogens is 298 g/mol. The molecule has 2 saturated heterocycles. The molecule has 0 aliphatic carbocycles. The minimum Gasteiger partial charge on any atom is -0.444 e. The molecule has 7 heteroatoms. The summed E-state index contributed by atoms with van der Waals surface area (Å²) < 4.78 is 16.2. The molecular formula is C16H25N3O4. The fourth-order valence-electron chi connectivity index (χ4n) is 2.89. The first kappa shape index (κ1) is 16.2. The van der Waals surface area contributed by atoms with Gasteiger partial charge in [0, 0.05) is 38.5 Å². The van der Waals surface area contributed by atoms with Crippen LogP contribution in [0, 0.1) is 5.92 Å². The van der Waals surface area contributed by atoms with Crippen molar-refractivity contribution in [3.8, 4) is 0 Å². The zero-order valence-corrected chi connectivity index (χ0v) is 14.1. The van der Waals surface area contributed by atoms with E-state index in [9.17, 15) is 4.79 Å². The molecule has 2 aliphatic heterocycles. The lowest BCUT2D eigenvalue weighted by atomic mass is 9.97. The lowest BCUT2D eigenvalue weighted by Crippen LogP contribution is -2.52. The Bertz CT molecular complexity index is 540. The van der Waals surface area contributed by atoms with Crippen LogP contribution in [0.1, 0.15) is 45.3 Å². The maximum Gasteiger partial charge on any atom is 0.410 e. The number of carbonyl (C=O) groups is 1. The van der Waals surface area contributed by atoms with E-state index in [0.29, 0.717) is 31.3 Å². The second kappa shape index (κ2) is 6.47. The Morgan fingerprint density at radius 2 is 2.13 bits per heavy atom. The molecule has 1 aromatic heterocycles. The van der Waals surface area contributed by atoms with Crippen LogP contribution in [0.2, 0.25) is 0 Å². The van der Waals surface area contributed by atoms with Crippen LogP contribution in [0.5, 0.6) is 0 Å². The maximum absolute atomic E-state index is 11.9. The van der Waals surface area contributed by atoms with Crippen molar-refractivity contribution in [1.82, 2.24) is 15.0 Å². The summed E-state index contributed by atoms with van der Waals surface area (Å²) in [6.07, 6.45) is 3.58. The maximum atomic E-state index is 11.9. The van der Waals surface area contributed by atoms with Gasteiger partial charge in [-0.1, -0.05) is 5.16 Å². The highest BCUT2D eigenvalue weighted by molar-refractivity contribution is 5.69. The van der Waals surface area contributed by atoms with Crippen molar-refractivity contribution in [2.75, 3.05) is 19.7 Å². The second-order valence-corrected chi connectivity index (χ2v) is 7.40. The molecule has 0 N–H and O–H groups in total. The summed E-state index contributed by atoms with van der Waals surface area (Å²) in [5, 5.41) is 4.02. The smallest absolute Gasteiger partial charge is 0.410 e. The molecule has 0 aromatic carbocycles. The molecule has 3 heterocycles. The van der Waals surface area contributed by atoms with Gasteiger partial charge in [-0.15, -0.1) is 0 Å². The number of nitrogens with zero attached hydrogens (tertiary/aromatic N) is 3. The van der Waals surface area contributed by atoms with Crippen LogP contribution >= 0.6 is 0 Å². The van der Waals surface area contributed by atoms with Gasteiger partial charge in [0.2, 0.25) is 5.89 Å². The Balaban J connectivity index is 1.41. The Morgan fingerprint density at radius 1 is 1.35 bits per heavy atom. The van der Waals surface area contributed by atoms with E-state index in [1.165, 1.54) is 0 Å². The summed E-state index contributed by atoms with van der Waals surface area (Å²) >= 11 is 0. The molecule has 2 aliphatic rings. The van der Waals surface area contributed by atoms with E-state index in [2.05, 4.69) is 10.1 Å². The number of ether oxygens (including phenoxy) is 2. The first-order chi connectivity index (χ1) is 10.9. The van der Waals surface area contributed by atoms with Gasteiger partial charge in [0.25, 0.3) is 0 Å². The average Bonchev–Trinajstić information content (AvgIpc) is 3.03. The van der Waals surface area contributed by atoms with Crippen LogP contribution in [0.4, 0.5) is 4.79 Å². The normalized spacial score (nSPS) is 22.2. The van der Waals surface area contributed by atoms with Gasteiger partial charge in [0.15, 0.2) is 5.82 Å². The topological polar surface area (TPSA) is 77.7 Å². The zero-order chi connectivity index (χ0) is 16.4. The van der Waals surface area contributed by atoms with Crippen molar-refractivity contribution in [2.24, 2.45) is 5.92 Å². The number of amides is 1. The molecule has 1 amide bonds. The quantitative estimate of drug-likeness (QED) is 0.845. The highest BCUT2D eigenvalue weighted by atomic mass is 16.6. The molecule has 1 unspecified atom stereocenters. The van der Waals surface area contributed by atoms with E-state index in [-0.39, 0.29) is 12.2 Å². The van der Waals surface area contributed by atoms with Crippen molar-refractivity contribution >= 4 is 6.09 Å². The van der Waals surface area contributed by atoms with Gasteiger partial charge in [-0.05, 0) is 33.6 Å². The van der Waals surface area contributed by atoms with E-state index in [0.717, 1.165) is 31.7 Å². The van der Waals surface area contributed by atoms with Gasteiger partial charge < -0.3 is 18.9 Å². The summed E-state index contributed by atoms with van der Waals surface area (Å²) in [6, 6.07) is 0. The molecule has 7 nitrogen and oxygen atoms in total. The number of hydrogen-bond acceptors (Lipinski definition) is 6. The third-order valence-electron chi connectivity index (χ3n) is 4.02. The summed E-state index contributed by atoms with van der Waals surface area (Å²) in [5.74, 6) is 1.72. The molecule has 0 spiro atoms. The number of rotatable bonds is 4. The third kappa shape index (κ3) is 4.43. The Hall–Kier alpha value is -1.63. The predicted octanol–water partition coefficient (Wildman–Crippen LogP) is 2.20. The van der Waals surface area contributed by atoms with Crippen molar-refractivity contribution in [2.45, 2.75) is 58.2 Å². The van der Waals surface area contributed by atoms with Crippen LogP contribution in [-0.2, 0) is 22.3 Å². The molecule has 3 rings (SSSR count). The largest absolute Gasteiger partial charge is 0.444 e. The molecule has 1 atom stereocenters. The van der Waals surface area contributed by atoms with Crippen molar-refractivity contribution < 1.29 is 18.8 Å². The van der Waals surface area contributed by atoms with Gasteiger partial charge in [-0.25, -0.2) is 4.79 Å². The Labute approximate surface area is 136 Å². The summed E-state index contributed by atoms with van der Waals surface area (Å²) in [7, 11) is 0. The second-order valence-electron chi connectivity index (χ2n) is 7.40. The predicted molar refractivity (Wildman–Crippen MR) is 82.0 cm³/mol. The van der Waals surface area contributed by atoms with Gasteiger partial charge >= 0.3 is 6.09 Å². The Morgan fingerprint density at radius 3 is 2.78 bits per heavy atom. The lowest BCUT2D eigenvalue weighted by molar-refractivity contribution is -0.00187. The third-order valence-corrected chi connectivity index (χ3v) is 4.02. The minimum atomic E-state index is -0.453. The fourth-order valence-corrected chi connectivity index (χ4v) is 2.89. The van der Waals surface area contributed by atoms with Crippen LogP contribution in [0.15, 0.2) is 4.52 Å². The minimum absolute atomic E-state index is 0.229. The van der Waals surface area contributed by atoms with Gasteiger partial charge in [0.1, 0.15) is 5.60 Å². The molecule has 0 saturated carbocycles. The lowest BCUT2D eigenvalue weighted by Gasteiger charge is -2.39. The monoisotopic (exact) mass is 323 g/mol. The highest BCUT2D eigenvalue weighted by Gasteiger charge is 2.34. The van der Waals surface area contributed by atoms with Gasteiger partial charge in [-0.3, -0.25) is 0 Å². The van der Waals surface area contributed by atoms with E-state index in [4.69, 9.17) is 14.0 Å². The molecule has 1 aromatic rings. The number of hydrogen-bond donors (Lipinski definition) is 0. The van der Waals surface area contributed by atoms with E-state index in [1.807, 2.05) is 20.8 Å². The number of aromatic nitrogens is 2. The van der Waals surface area contributed by atoms with Crippen molar-refractivity contribution in [1.29, 1.82) is 0 Å². The SMILES string of the molecule is CC(C)(C)OC(=O)N1CC(Cc2nc(CC3CCCO3)no2)C1. The first-order valence-electron chi connectivity index (χ1n) is 8.30. The van der Waals surface area contributed by atoms with Crippen LogP contribution in [-0.4, -0.2) is 52.5 Å². The van der Waals surface area contributed by atoms with Crippen LogP contribution in [0.3, 0.4) is 0 Å². The van der Waals surface area contributed by atoms with E-state index in [1.54, 1.807) is 4.90 Å². The van der Waals surface area contributed by atoms with Crippen LogP contribution < -0.4 is 0 Å². The summed E-state index contributed by atoms with van der Waals surface area (Å²) in [6.45, 7) is 7.80. The molecule has 2 fully saturated rings. The van der Waals surface area contributed by atoms with Gasteiger partial charge in [-0.2, -0.15) is 4.98 Å². The molecule has 128 valence electrons. The summed E-state index contributed by atoms with van der Waals surface area (Å²) in [4.78, 5) is 18.0. The number of carbonyl (C=O) groups excluding carboxylic acids is 1. The molecule has 0 bridgehead atoms.